The maximum Gasteiger partial charge on any atom is 0.254 e. The van der Waals surface area contributed by atoms with Crippen molar-refractivity contribution >= 4 is 5.91 Å². The van der Waals surface area contributed by atoms with Crippen LogP contribution < -0.4 is 14.2 Å². The number of ether oxygens (including phenoxy) is 4. The summed E-state index contributed by atoms with van der Waals surface area (Å²) in [5.41, 5.74) is 0.548. The lowest BCUT2D eigenvalue weighted by atomic mass is 10.1. The summed E-state index contributed by atoms with van der Waals surface area (Å²) >= 11 is 0. The fourth-order valence-corrected chi connectivity index (χ4v) is 2.85. The molecule has 25 heavy (non-hydrogen) atoms. The summed E-state index contributed by atoms with van der Waals surface area (Å²) in [7, 11) is 0. The lowest BCUT2D eigenvalue weighted by Crippen LogP contribution is -2.45. The fourth-order valence-electron chi connectivity index (χ4n) is 2.85. The molecule has 140 valence electrons. The van der Waals surface area contributed by atoms with Crippen molar-refractivity contribution < 1.29 is 23.7 Å². The number of carbonyl (C=O) groups is 1. The van der Waals surface area contributed by atoms with E-state index >= 15 is 0 Å². The molecule has 1 aliphatic rings. The number of amides is 1. The summed E-state index contributed by atoms with van der Waals surface area (Å²) in [4.78, 5) is 14.8. The van der Waals surface area contributed by atoms with E-state index in [2.05, 4.69) is 6.92 Å². The highest BCUT2D eigenvalue weighted by Crippen LogP contribution is 2.39. The van der Waals surface area contributed by atoms with Crippen molar-refractivity contribution in [1.29, 1.82) is 0 Å². The second kappa shape index (κ2) is 9.51. The van der Waals surface area contributed by atoms with Crippen molar-refractivity contribution in [3.8, 4) is 17.2 Å². The first-order valence-corrected chi connectivity index (χ1v) is 9.11. The van der Waals surface area contributed by atoms with Gasteiger partial charge in [-0.3, -0.25) is 4.79 Å². The monoisotopic (exact) mass is 351 g/mol. The van der Waals surface area contributed by atoms with Gasteiger partial charge in [-0.15, -0.1) is 0 Å². The van der Waals surface area contributed by atoms with Gasteiger partial charge in [-0.05, 0) is 39.3 Å². The lowest BCUT2D eigenvalue weighted by molar-refractivity contribution is -0.0226. The van der Waals surface area contributed by atoms with E-state index in [4.69, 9.17) is 18.9 Å². The zero-order valence-electron chi connectivity index (χ0n) is 15.7. The molecule has 0 unspecified atom stereocenters. The summed E-state index contributed by atoms with van der Waals surface area (Å²) in [6.45, 7) is 11.0. The SMILES string of the molecule is CCOc1cc(C(=O)N2CCO[C@@H](CC)C2)cc(OCC)c1OCC. The van der Waals surface area contributed by atoms with Gasteiger partial charge in [0.2, 0.25) is 5.75 Å². The Morgan fingerprint density at radius 2 is 1.68 bits per heavy atom. The van der Waals surface area contributed by atoms with Gasteiger partial charge in [0.1, 0.15) is 0 Å². The molecule has 1 saturated heterocycles. The van der Waals surface area contributed by atoms with Crippen LogP contribution in [0.4, 0.5) is 0 Å². The highest BCUT2D eigenvalue weighted by molar-refractivity contribution is 5.95. The van der Waals surface area contributed by atoms with Gasteiger partial charge in [0.05, 0.1) is 32.5 Å². The van der Waals surface area contributed by atoms with Crippen LogP contribution in [0.1, 0.15) is 44.5 Å². The minimum Gasteiger partial charge on any atom is -0.490 e. The van der Waals surface area contributed by atoms with Gasteiger partial charge in [-0.25, -0.2) is 0 Å². The summed E-state index contributed by atoms with van der Waals surface area (Å²) in [6, 6.07) is 3.49. The largest absolute Gasteiger partial charge is 0.490 e. The van der Waals surface area contributed by atoms with Crippen LogP contribution in [-0.2, 0) is 4.74 Å². The van der Waals surface area contributed by atoms with Gasteiger partial charge in [0.25, 0.3) is 5.91 Å². The number of benzene rings is 1. The quantitative estimate of drug-likeness (QED) is 0.720. The van der Waals surface area contributed by atoms with Gasteiger partial charge < -0.3 is 23.8 Å². The zero-order chi connectivity index (χ0) is 18.2. The molecule has 0 aliphatic carbocycles. The standard InChI is InChI=1S/C19H29NO5/c1-5-15-13-20(9-10-25-15)19(21)14-11-16(22-6-2)18(24-8-4)17(12-14)23-7-3/h11-12,15H,5-10,13H2,1-4H3/t15-/m0/s1. The first-order valence-electron chi connectivity index (χ1n) is 9.11. The number of hydrogen-bond donors (Lipinski definition) is 0. The minimum atomic E-state index is -0.0355. The molecule has 0 spiro atoms. The number of hydrogen-bond acceptors (Lipinski definition) is 5. The zero-order valence-corrected chi connectivity index (χ0v) is 15.7. The highest BCUT2D eigenvalue weighted by Gasteiger charge is 2.26. The Kier molecular flexibility index (Phi) is 7.37. The molecule has 1 aliphatic heterocycles. The fraction of sp³-hybridized carbons (Fsp3) is 0.632. The molecular formula is C19H29NO5. The van der Waals surface area contributed by atoms with Crippen LogP contribution in [0, 0.1) is 0 Å². The third-order valence-electron chi connectivity index (χ3n) is 4.04. The molecule has 0 aromatic heterocycles. The molecule has 0 N–H and O–H groups in total. The molecule has 1 aromatic carbocycles. The Hall–Kier alpha value is -1.95. The van der Waals surface area contributed by atoms with Gasteiger partial charge in [0.15, 0.2) is 11.5 Å². The van der Waals surface area contributed by atoms with Crippen molar-refractivity contribution in [2.45, 2.75) is 40.2 Å². The van der Waals surface area contributed by atoms with Crippen molar-refractivity contribution in [1.82, 2.24) is 4.90 Å². The van der Waals surface area contributed by atoms with Crippen LogP contribution >= 0.6 is 0 Å². The molecule has 0 radical (unpaired) electrons. The van der Waals surface area contributed by atoms with Gasteiger partial charge in [-0.1, -0.05) is 6.92 Å². The third-order valence-corrected chi connectivity index (χ3v) is 4.04. The summed E-state index contributed by atoms with van der Waals surface area (Å²) in [5, 5.41) is 0. The summed E-state index contributed by atoms with van der Waals surface area (Å²) in [5.74, 6) is 1.60. The number of nitrogens with zero attached hydrogens (tertiary/aromatic N) is 1. The van der Waals surface area contributed by atoms with E-state index in [1.165, 1.54) is 0 Å². The molecular weight excluding hydrogens is 322 g/mol. The average molecular weight is 351 g/mol. The van der Waals surface area contributed by atoms with Crippen LogP contribution in [0.2, 0.25) is 0 Å². The number of carbonyl (C=O) groups excluding carboxylic acids is 1. The van der Waals surface area contributed by atoms with E-state index in [-0.39, 0.29) is 12.0 Å². The topological polar surface area (TPSA) is 57.2 Å². The Balaban J connectivity index is 2.33. The highest BCUT2D eigenvalue weighted by atomic mass is 16.5. The molecule has 1 heterocycles. The molecule has 1 fully saturated rings. The van der Waals surface area contributed by atoms with Crippen LogP contribution in [0.3, 0.4) is 0 Å². The average Bonchev–Trinajstić information content (AvgIpc) is 2.64. The van der Waals surface area contributed by atoms with Crippen LogP contribution in [0.5, 0.6) is 17.2 Å². The second-order valence-electron chi connectivity index (χ2n) is 5.75. The van der Waals surface area contributed by atoms with Gasteiger partial charge in [0, 0.05) is 18.7 Å². The van der Waals surface area contributed by atoms with E-state index in [0.29, 0.717) is 62.3 Å². The van der Waals surface area contributed by atoms with Crippen LogP contribution in [0.15, 0.2) is 12.1 Å². The first-order chi connectivity index (χ1) is 12.1. The maximum atomic E-state index is 13.0. The second-order valence-corrected chi connectivity index (χ2v) is 5.75. The number of rotatable bonds is 8. The Morgan fingerprint density at radius 1 is 1.08 bits per heavy atom. The minimum absolute atomic E-state index is 0.0355. The van der Waals surface area contributed by atoms with Crippen molar-refractivity contribution in [3.63, 3.8) is 0 Å². The van der Waals surface area contributed by atoms with Crippen LogP contribution in [0.25, 0.3) is 0 Å². The van der Waals surface area contributed by atoms with Crippen LogP contribution in [-0.4, -0.2) is 56.4 Å². The van der Waals surface area contributed by atoms with E-state index in [0.717, 1.165) is 6.42 Å². The predicted molar refractivity (Wildman–Crippen MR) is 95.9 cm³/mol. The normalized spacial score (nSPS) is 17.3. The molecule has 1 aromatic rings. The third kappa shape index (κ3) is 4.78. The smallest absolute Gasteiger partial charge is 0.254 e. The molecule has 2 rings (SSSR count). The van der Waals surface area contributed by atoms with Crippen molar-refractivity contribution in [2.24, 2.45) is 0 Å². The van der Waals surface area contributed by atoms with Crippen molar-refractivity contribution in [2.75, 3.05) is 39.5 Å². The van der Waals surface area contributed by atoms with E-state index in [1.807, 2.05) is 25.7 Å². The van der Waals surface area contributed by atoms with E-state index in [1.54, 1.807) is 12.1 Å². The first kappa shape index (κ1) is 19.4. The molecule has 1 atom stereocenters. The molecule has 6 nitrogen and oxygen atoms in total. The van der Waals surface area contributed by atoms with E-state index < -0.39 is 0 Å². The van der Waals surface area contributed by atoms with Crippen molar-refractivity contribution in [3.05, 3.63) is 17.7 Å². The van der Waals surface area contributed by atoms with Gasteiger partial charge >= 0.3 is 0 Å². The predicted octanol–water partition coefficient (Wildman–Crippen LogP) is 3.13. The lowest BCUT2D eigenvalue weighted by Gasteiger charge is -2.32. The maximum absolute atomic E-state index is 13.0. The van der Waals surface area contributed by atoms with Gasteiger partial charge in [-0.2, -0.15) is 0 Å². The molecule has 1 amide bonds. The Morgan fingerprint density at radius 3 is 2.20 bits per heavy atom. The Bertz CT molecular complexity index is 548. The Labute approximate surface area is 150 Å². The number of morpholine rings is 1. The summed E-state index contributed by atoms with van der Waals surface area (Å²) in [6.07, 6.45) is 0.986. The summed E-state index contributed by atoms with van der Waals surface area (Å²) < 4.78 is 22.7. The molecule has 0 bridgehead atoms. The molecule has 6 heteroatoms. The van der Waals surface area contributed by atoms with E-state index in [9.17, 15) is 4.79 Å². The molecule has 0 saturated carbocycles.